The second-order valence-corrected chi connectivity index (χ2v) is 4.89. The van der Waals surface area contributed by atoms with Crippen molar-refractivity contribution in [3.8, 4) is 0 Å². The molecule has 2 heterocycles. The minimum atomic E-state index is 0.168. The molecule has 0 bridgehead atoms. The number of hydrogen-bond acceptors (Lipinski definition) is 3. The molecule has 15 heavy (non-hydrogen) atoms. The van der Waals surface area contributed by atoms with Crippen molar-refractivity contribution in [3.63, 3.8) is 0 Å². The number of carbonyl (C=O) groups is 1. The molecule has 1 unspecified atom stereocenters. The number of nitrogens with zero attached hydrogens (tertiary/aromatic N) is 1. The van der Waals surface area contributed by atoms with E-state index in [0.717, 1.165) is 24.2 Å². The van der Waals surface area contributed by atoms with Crippen molar-refractivity contribution in [2.75, 3.05) is 5.75 Å². The van der Waals surface area contributed by atoms with Crippen molar-refractivity contribution in [1.29, 1.82) is 0 Å². The summed E-state index contributed by atoms with van der Waals surface area (Å²) in [6.45, 7) is 0.587. The van der Waals surface area contributed by atoms with Crippen LogP contribution in [0, 0.1) is 0 Å². The molecule has 1 aromatic rings. The summed E-state index contributed by atoms with van der Waals surface area (Å²) in [5, 5.41) is 3.11. The third kappa shape index (κ3) is 2.96. The van der Waals surface area contributed by atoms with E-state index in [2.05, 4.69) is 10.3 Å². The molecular weight excluding hydrogens is 208 g/mol. The Hall–Kier alpha value is -1.03. The van der Waals surface area contributed by atoms with Gasteiger partial charge in [0.2, 0.25) is 5.91 Å². The largest absolute Gasteiger partial charge is 0.351 e. The lowest BCUT2D eigenvalue weighted by atomic mass is 10.2. The number of pyridine rings is 1. The summed E-state index contributed by atoms with van der Waals surface area (Å²) in [6.07, 6.45) is 5.69. The van der Waals surface area contributed by atoms with E-state index in [0.29, 0.717) is 6.54 Å². The molecule has 1 amide bonds. The van der Waals surface area contributed by atoms with Crippen molar-refractivity contribution < 1.29 is 4.79 Å². The van der Waals surface area contributed by atoms with Crippen molar-refractivity contribution in [2.45, 2.75) is 24.6 Å². The highest BCUT2D eigenvalue weighted by Gasteiger charge is 2.22. The molecule has 1 aliphatic rings. The first-order valence-corrected chi connectivity index (χ1v) is 6.19. The van der Waals surface area contributed by atoms with Gasteiger partial charge >= 0.3 is 0 Å². The van der Waals surface area contributed by atoms with Gasteiger partial charge in [-0.15, -0.1) is 11.8 Å². The van der Waals surface area contributed by atoms with Crippen LogP contribution in [0.25, 0.3) is 0 Å². The van der Waals surface area contributed by atoms with Gasteiger partial charge in [-0.2, -0.15) is 0 Å². The molecule has 0 radical (unpaired) electrons. The summed E-state index contributed by atoms with van der Waals surface area (Å²) in [4.78, 5) is 15.7. The van der Waals surface area contributed by atoms with Gasteiger partial charge in [-0.05, 0) is 30.2 Å². The lowest BCUT2D eigenvalue weighted by Gasteiger charge is -2.09. The van der Waals surface area contributed by atoms with Crippen molar-refractivity contribution >= 4 is 17.7 Å². The molecule has 1 N–H and O–H groups in total. The second-order valence-electron chi connectivity index (χ2n) is 3.58. The third-order valence-corrected chi connectivity index (χ3v) is 3.79. The van der Waals surface area contributed by atoms with Gasteiger partial charge in [-0.3, -0.25) is 9.78 Å². The summed E-state index contributed by atoms with van der Waals surface area (Å²) >= 11 is 1.76. The highest BCUT2D eigenvalue weighted by molar-refractivity contribution is 8.00. The highest BCUT2D eigenvalue weighted by Crippen LogP contribution is 2.25. The van der Waals surface area contributed by atoms with E-state index in [-0.39, 0.29) is 11.2 Å². The number of nitrogens with one attached hydrogen (secondary N) is 1. The predicted octanol–water partition coefficient (Wildman–Crippen LogP) is 1.59. The van der Waals surface area contributed by atoms with Crippen LogP contribution in [-0.4, -0.2) is 21.9 Å². The van der Waals surface area contributed by atoms with Gasteiger partial charge in [0, 0.05) is 18.9 Å². The van der Waals surface area contributed by atoms with E-state index < -0.39 is 0 Å². The van der Waals surface area contributed by atoms with Gasteiger partial charge in [0.1, 0.15) is 0 Å². The molecule has 1 aromatic heterocycles. The molecule has 0 aromatic carbocycles. The molecule has 0 aliphatic carbocycles. The fourth-order valence-corrected chi connectivity index (χ4v) is 2.78. The smallest absolute Gasteiger partial charge is 0.233 e. The molecule has 1 fully saturated rings. The van der Waals surface area contributed by atoms with Gasteiger partial charge in [0.05, 0.1) is 5.25 Å². The molecule has 4 heteroatoms. The van der Waals surface area contributed by atoms with Crippen LogP contribution in [0.4, 0.5) is 0 Å². The topological polar surface area (TPSA) is 42.0 Å². The summed E-state index contributed by atoms with van der Waals surface area (Å²) in [6, 6.07) is 3.85. The maximum atomic E-state index is 11.7. The number of rotatable bonds is 3. The first kappa shape index (κ1) is 10.5. The minimum Gasteiger partial charge on any atom is -0.351 e. The Bertz CT molecular complexity index is 323. The van der Waals surface area contributed by atoms with Crippen LogP contribution in [-0.2, 0) is 11.3 Å². The van der Waals surface area contributed by atoms with Gasteiger partial charge in [0.25, 0.3) is 0 Å². The van der Waals surface area contributed by atoms with E-state index in [1.165, 1.54) is 0 Å². The maximum absolute atomic E-state index is 11.7. The van der Waals surface area contributed by atoms with Crippen molar-refractivity contribution in [2.24, 2.45) is 0 Å². The quantitative estimate of drug-likeness (QED) is 0.844. The predicted molar refractivity (Wildman–Crippen MR) is 61.6 cm³/mol. The molecule has 0 spiro atoms. The minimum absolute atomic E-state index is 0.168. The average molecular weight is 222 g/mol. The Balaban J connectivity index is 1.80. The van der Waals surface area contributed by atoms with Crippen LogP contribution in [0.1, 0.15) is 18.4 Å². The van der Waals surface area contributed by atoms with E-state index in [4.69, 9.17) is 0 Å². The third-order valence-electron chi connectivity index (χ3n) is 2.41. The second kappa shape index (κ2) is 5.16. The Morgan fingerprint density at radius 1 is 1.67 bits per heavy atom. The molecule has 1 atom stereocenters. The highest BCUT2D eigenvalue weighted by atomic mass is 32.2. The molecule has 0 saturated carbocycles. The first-order chi connectivity index (χ1) is 7.36. The van der Waals surface area contributed by atoms with Crippen molar-refractivity contribution in [1.82, 2.24) is 10.3 Å². The lowest BCUT2D eigenvalue weighted by molar-refractivity contribution is -0.120. The molecule has 1 aliphatic heterocycles. The Labute approximate surface area is 93.7 Å². The standard InChI is InChI=1S/C11H14N2OS/c14-11(10-4-2-6-15-10)13-8-9-3-1-5-12-7-9/h1,3,5,7,10H,2,4,6,8H2,(H,13,14). The van der Waals surface area contributed by atoms with Crippen LogP contribution < -0.4 is 5.32 Å². The zero-order valence-electron chi connectivity index (χ0n) is 8.48. The van der Waals surface area contributed by atoms with E-state index in [1.807, 2.05) is 12.1 Å². The van der Waals surface area contributed by atoms with Crippen LogP contribution >= 0.6 is 11.8 Å². The van der Waals surface area contributed by atoms with E-state index in [1.54, 1.807) is 24.2 Å². The van der Waals surface area contributed by atoms with E-state index >= 15 is 0 Å². The van der Waals surface area contributed by atoms with Crippen LogP contribution in [0.2, 0.25) is 0 Å². The zero-order valence-corrected chi connectivity index (χ0v) is 9.30. The number of amides is 1. The maximum Gasteiger partial charge on any atom is 0.233 e. The average Bonchev–Trinajstić information content (AvgIpc) is 2.81. The van der Waals surface area contributed by atoms with Gasteiger partial charge in [-0.1, -0.05) is 6.07 Å². The van der Waals surface area contributed by atoms with Crippen LogP contribution in [0.15, 0.2) is 24.5 Å². The molecule has 3 nitrogen and oxygen atoms in total. The molecule has 80 valence electrons. The lowest BCUT2D eigenvalue weighted by Crippen LogP contribution is -2.30. The molecular formula is C11H14N2OS. The Morgan fingerprint density at radius 2 is 2.60 bits per heavy atom. The summed E-state index contributed by atoms with van der Waals surface area (Å²) < 4.78 is 0. The zero-order chi connectivity index (χ0) is 10.5. The summed E-state index contributed by atoms with van der Waals surface area (Å²) in [5.74, 6) is 1.28. The van der Waals surface area contributed by atoms with Crippen molar-refractivity contribution in [3.05, 3.63) is 30.1 Å². The first-order valence-electron chi connectivity index (χ1n) is 5.14. The number of carbonyl (C=O) groups excluding carboxylic acids is 1. The SMILES string of the molecule is O=C(NCc1cccnc1)C1CCCS1. The fourth-order valence-electron chi connectivity index (χ4n) is 1.59. The monoisotopic (exact) mass is 222 g/mol. The fraction of sp³-hybridized carbons (Fsp3) is 0.455. The molecule has 1 saturated heterocycles. The summed E-state index contributed by atoms with van der Waals surface area (Å²) in [5.41, 5.74) is 1.05. The van der Waals surface area contributed by atoms with E-state index in [9.17, 15) is 4.79 Å². The van der Waals surface area contributed by atoms with Crippen LogP contribution in [0.3, 0.4) is 0 Å². The number of aromatic nitrogens is 1. The van der Waals surface area contributed by atoms with Crippen LogP contribution in [0.5, 0.6) is 0 Å². The normalized spacial score (nSPS) is 20.1. The van der Waals surface area contributed by atoms with Gasteiger partial charge in [0.15, 0.2) is 0 Å². The Kier molecular flexibility index (Phi) is 3.61. The van der Waals surface area contributed by atoms with Gasteiger partial charge in [-0.25, -0.2) is 0 Å². The molecule has 2 rings (SSSR count). The van der Waals surface area contributed by atoms with Gasteiger partial charge < -0.3 is 5.32 Å². The number of hydrogen-bond donors (Lipinski definition) is 1. The Morgan fingerprint density at radius 3 is 3.27 bits per heavy atom. The summed E-state index contributed by atoms with van der Waals surface area (Å²) in [7, 11) is 0. The number of thioether (sulfide) groups is 1.